The highest BCUT2D eigenvalue weighted by molar-refractivity contribution is 5.93. The quantitative estimate of drug-likeness (QED) is 0.434. The van der Waals surface area contributed by atoms with Crippen LogP contribution in [-0.4, -0.2) is 29.0 Å². The van der Waals surface area contributed by atoms with Gasteiger partial charge in [-0.25, -0.2) is 15.0 Å². The third kappa shape index (κ3) is 3.42. The number of pyridine rings is 3. The summed E-state index contributed by atoms with van der Waals surface area (Å²) in [5, 5.41) is 11.5. The van der Waals surface area contributed by atoms with E-state index < -0.39 is 0 Å². The molecule has 1 aliphatic rings. The van der Waals surface area contributed by atoms with Crippen LogP contribution in [0.2, 0.25) is 0 Å². The summed E-state index contributed by atoms with van der Waals surface area (Å²) in [7, 11) is 3.81. The van der Waals surface area contributed by atoms with Gasteiger partial charge in [-0.2, -0.15) is 0 Å². The Morgan fingerprint density at radius 1 is 1.14 bits per heavy atom. The van der Waals surface area contributed by atoms with Gasteiger partial charge in [0.15, 0.2) is 0 Å². The summed E-state index contributed by atoms with van der Waals surface area (Å²) in [6.07, 6.45) is 8.54. The van der Waals surface area contributed by atoms with Crippen LogP contribution >= 0.6 is 0 Å². The van der Waals surface area contributed by atoms with E-state index in [0.29, 0.717) is 23.0 Å². The molecule has 8 heteroatoms. The second-order valence-electron chi connectivity index (χ2n) is 7.25. The molecule has 1 fully saturated rings. The van der Waals surface area contributed by atoms with Crippen molar-refractivity contribution in [3.05, 3.63) is 54.1 Å². The molecule has 29 heavy (non-hydrogen) atoms. The summed E-state index contributed by atoms with van der Waals surface area (Å²) in [5.41, 5.74) is 14.5. The number of rotatable bonds is 6. The van der Waals surface area contributed by atoms with E-state index in [4.69, 9.17) is 11.5 Å². The van der Waals surface area contributed by atoms with E-state index >= 15 is 0 Å². The van der Waals surface area contributed by atoms with Crippen molar-refractivity contribution in [3.8, 4) is 0 Å². The van der Waals surface area contributed by atoms with Crippen LogP contribution < -0.4 is 27.4 Å². The standard InChI is InChI=1S/C21H26N8/c1-24-17(11-22)16-8-13-9-18(27-12-15(13)20(23)28-16)29-19-10-14(4-7-26-19)21(25-2)5-3-6-21/h4,7-12,24-25H,3,5-6,22H2,1-2H3,(H2,23,28)(H,26,27,29)/b17-11-. The highest BCUT2D eigenvalue weighted by Gasteiger charge is 2.37. The molecule has 0 saturated heterocycles. The number of nitrogen functional groups attached to an aromatic ring is 1. The molecule has 0 radical (unpaired) electrons. The molecule has 1 aliphatic carbocycles. The maximum Gasteiger partial charge on any atom is 0.133 e. The van der Waals surface area contributed by atoms with Gasteiger partial charge in [0.1, 0.15) is 17.5 Å². The van der Waals surface area contributed by atoms with Crippen LogP contribution in [0.15, 0.2) is 42.9 Å². The molecule has 0 aliphatic heterocycles. The molecule has 7 N–H and O–H groups in total. The third-order valence-corrected chi connectivity index (χ3v) is 5.71. The van der Waals surface area contributed by atoms with E-state index in [1.165, 1.54) is 18.2 Å². The number of hydrogen-bond donors (Lipinski definition) is 5. The normalized spacial score (nSPS) is 15.7. The lowest BCUT2D eigenvalue weighted by Crippen LogP contribution is -2.46. The van der Waals surface area contributed by atoms with E-state index in [-0.39, 0.29) is 5.54 Å². The summed E-state index contributed by atoms with van der Waals surface area (Å²) >= 11 is 0. The van der Waals surface area contributed by atoms with Gasteiger partial charge in [0.2, 0.25) is 0 Å². The van der Waals surface area contributed by atoms with Crippen LogP contribution in [0, 0.1) is 0 Å². The Morgan fingerprint density at radius 2 is 1.93 bits per heavy atom. The second kappa shape index (κ2) is 7.56. The molecule has 4 rings (SSSR count). The zero-order valence-corrected chi connectivity index (χ0v) is 16.7. The van der Waals surface area contributed by atoms with Crippen molar-refractivity contribution in [1.82, 2.24) is 25.6 Å². The molecular formula is C21H26N8. The molecular weight excluding hydrogens is 364 g/mol. The minimum Gasteiger partial charge on any atom is -0.403 e. The number of nitrogens with zero attached hydrogens (tertiary/aromatic N) is 3. The van der Waals surface area contributed by atoms with E-state index in [0.717, 1.165) is 29.4 Å². The highest BCUT2D eigenvalue weighted by Crippen LogP contribution is 2.41. The van der Waals surface area contributed by atoms with Crippen LogP contribution in [0.5, 0.6) is 0 Å². The maximum absolute atomic E-state index is 6.13. The minimum absolute atomic E-state index is 0.0588. The SMILES string of the molecule is CN/C(=C\N)c1cc2cc(Nc3cc(C4(NC)CCC4)ccn3)ncc2c(N)n1. The number of hydrogen-bond acceptors (Lipinski definition) is 8. The third-order valence-electron chi connectivity index (χ3n) is 5.71. The molecule has 1 saturated carbocycles. The van der Waals surface area contributed by atoms with Gasteiger partial charge in [0, 0.05) is 36.6 Å². The van der Waals surface area contributed by atoms with Gasteiger partial charge in [-0.1, -0.05) is 0 Å². The Hall–Kier alpha value is -3.39. The molecule has 3 aromatic heterocycles. The largest absolute Gasteiger partial charge is 0.403 e. The Bertz CT molecular complexity index is 1070. The van der Waals surface area contributed by atoms with Gasteiger partial charge in [-0.3, -0.25) is 0 Å². The Morgan fingerprint density at radius 3 is 2.59 bits per heavy atom. The first-order valence-corrected chi connectivity index (χ1v) is 9.67. The first kappa shape index (κ1) is 18.9. The smallest absolute Gasteiger partial charge is 0.133 e. The topological polar surface area (TPSA) is 127 Å². The van der Waals surface area contributed by atoms with Gasteiger partial charge < -0.3 is 27.4 Å². The first-order valence-electron chi connectivity index (χ1n) is 9.67. The van der Waals surface area contributed by atoms with Crippen molar-refractivity contribution in [2.45, 2.75) is 24.8 Å². The molecule has 0 aromatic carbocycles. The van der Waals surface area contributed by atoms with E-state index in [2.05, 4.69) is 43.0 Å². The van der Waals surface area contributed by atoms with Gasteiger partial charge in [-0.05, 0) is 61.5 Å². The number of fused-ring (bicyclic) bond motifs is 1. The van der Waals surface area contributed by atoms with Crippen LogP contribution in [0.4, 0.5) is 17.5 Å². The maximum atomic E-state index is 6.13. The molecule has 3 heterocycles. The van der Waals surface area contributed by atoms with Gasteiger partial charge in [-0.15, -0.1) is 0 Å². The molecule has 0 amide bonds. The van der Waals surface area contributed by atoms with Crippen molar-refractivity contribution < 1.29 is 0 Å². The summed E-state index contributed by atoms with van der Waals surface area (Å²) in [6.45, 7) is 0. The molecule has 0 atom stereocenters. The van der Waals surface area contributed by atoms with Gasteiger partial charge >= 0.3 is 0 Å². The van der Waals surface area contributed by atoms with Gasteiger partial charge in [0.05, 0.1) is 11.4 Å². The fourth-order valence-electron chi connectivity index (χ4n) is 3.82. The van der Waals surface area contributed by atoms with Crippen molar-refractivity contribution >= 4 is 33.9 Å². The Labute approximate surface area is 169 Å². The van der Waals surface area contributed by atoms with Crippen molar-refractivity contribution in [2.24, 2.45) is 5.73 Å². The van der Waals surface area contributed by atoms with Crippen LogP contribution in [0.25, 0.3) is 16.5 Å². The van der Waals surface area contributed by atoms with E-state index in [1.807, 2.05) is 25.4 Å². The second-order valence-corrected chi connectivity index (χ2v) is 7.25. The Balaban J connectivity index is 1.67. The monoisotopic (exact) mass is 390 g/mol. The summed E-state index contributed by atoms with van der Waals surface area (Å²) in [4.78, 5) is 13.3. The average molecular weight is 390 g/mol. The number of anilines is 3. The van der Waals surface area contributed by atoms with Crippen LogP contribution in [0.3, 0.4) is 0 Å². The fourth-order valence-corrected chi connectivity index (χ4v) is 3.82. The molecule has 0 spiro atoms. The van der Waals surface area contributed by atoms with Crippen LogP contribution in [0.1, 0.15) is 30.5 Å². The molecule has 3 aromatic rings. The predicted molar refractivity (Wildman–Crippen MR) is 117 cm³/mol. The highest BCUT2D eigenvalue weighted by atomic mass is 15.1. The fraction of sp³-hybridized carbons (Fsp3) is 0.286. The number of aromatic nitrogens is 3. The predicted octanol–water partition coefficient (Wildman–Crippen LogP) is 2.43. The Kier molecular flexibility index (Phi) is 4.94. The lowest BCUT2D eigenvalue weighted by Gasteiger charge is -2.42. The van der Waals surface area contributed by atoms with E-state index in [9.17, 15) is 0 Å². The molecule has 0 bridgehead atoms. The van der Waals surface area contributed by atoms with Gasteiger partial charge in [0.25, 0.3) is 0 Å². The van der Waals surface area contributed by atoms with Crippen molar-refractivity contribution in [3.63, 3.8) is 0 Å². The summed E-state index contributed by atoms with van der Waals surface area (Å²) < 4.78 is 0. The number of nitrogens with one attached hydrogen (secondary N) is 3. The average Bonchev–Trinajstić information content (AvgIpc) is 2.69. The first-order chi connectivity index (χ1) is 14.1. The lowest BCUT2D eigenvalue weighted by atomic mass is 9.72. The van der Waals surface area contributed by atoms with E-state index in [1.54, 1.807) is 13.2 Å². The molecule has 150 valence electrons. The van der Waals surface area contributed by atoms with Crippen LogP contribution in [-0.2, 0) is 5.54 Å². The molecule has 8 nitrogen and oxygen atoms in total. The zero-order chi connectivity index (χ0) is 20.4. The van der Waals surface area contributed by atoms with Crippen molar-refractivity contribution in [1.29, 1.82) is 0 Å². The summed E-state index contributed by atoms with van der Waals surface area (Å²) in [6, 6.07) is 8.03. The minimum atomic E-state index is 0.0588. The molecule has 0 unspecified atom stereocenters. The number of nitrogens with two attached hydrogens (primary N) is 2. The van der Waals surface area contributed by atoms with Crippen molar-refractivity contribution in [2.75, 3.05) is 25.1 Å². The zero-order valence-electron chi connectivity index (χ0n) is 16.7. The summed E-state index contributed by atoms with van der Waals surface area (Å²) in [5.74, 6) is 1.86. The lowest BCUT2D eigenvalue weighted by molar-refractivity contribution is 0.201.